The van der Waals surface area contributed by atoms with E-state index >= 15 is 0 Å². The zero-order valence-corrected chi connectivity index (χ0v) is 11.4. The summed E-state index contributed by atoms with van der Waals surface area (Å²) in [7, 11) is 0. The summed E-state index contributed by atoms with van der Waals surface area (Å²) in [6.07, 6.45) is 2.52. The largest absolute Gasteiger partial charge is 0.393 e. The highest BCUT2D eigenvalue weighted by Gasteiger charge is 2.69. The van der Waals surface area contributed by atoms with Gasteiger partial charge in [0, 0.05) is 11.3 Å². The summed E-state index contributed by atoms with van der Waals surface area (Å²) < 4.78 is 0. The molecular formula is C15H24O2. The first-order valence-electron chi connectivity index (χ1n) is 7.03. The number of hydrogen-bond donors (Lipinski definition) is 1. The van der Waals surface area contributed by atoms with Crippen LogP contribution in [0.25, 0.3) is 0 Å². The second-order valence-corrected chi connectivity index (χ2v) is 7.51. The van der Waals surface area contributed by atoms with Crippen LogP contribution in [0.1, 0.15) is 47.0 Å². The summed E-state index contributed by atoms with van der Waals surface area (Å²) in [5, 5.41) is 10.3. The predicted molar refractivity (Wildman–Crippen MR) is 66.4 cm³/mol. The maximum absolute atomic E-state index is 12.7. The number of aliphatic hydroxyl groups excluding tert-OH is 1. The maximum atomic E-state index is 12.7. The summed E-state index contributed by atoms with van der Waals surface area (Å²) in [5.74, 6) is 2.23. The average Bonchev–Trinajstić information content (AvgIpc) is 2.40. The highest BCUT2D eigenvalue weighted by molar-refractivity contribution is 5.90. The van der Waals surface area contributed by atoms with Crippen LogP contribution in [0.3, 0.4) is 0 Å². The Morgan fingerprint density at radius 3 is 2.53 bits per heavy atom. The number of hydrogen-bond acceptors (Lipinski definition) is 2. The van der Waals surface area contributed by atoms with Gasteiger partial charge in [0.2, 0.25) is 0 Å². The van der Waals surface area contributed by atoms with Crippen molar-refractivity contribution in [2.75, 3.05) is 0 Å². The monoisotopic (exact) mass is 236 g/mol. The number of fused-ring (bicyclic) bond motifs is 1. The van der Waals surface area contributed by atoms with E-state index in [1.165, 1.54) is 0 Å². The van der Waals surface area contributed by atoms with Gasteiger partial charge < -0.3 is 5.11 Å². The fourth-order valence-electron chi connectivity index (χ4n) is 5.33. The topological polar surface area (TPSA) is 37.3 Å². The van der Waals surface area contributed by atoms with Crippen LogP contribution in [-0.2, 0) is 4.79 Å². The van der Waals surface area contributed by atoms with Gasteiger partial charge in [0.15, 0.2) is 0 Å². The normalized spacial score (nSPS) is 56.9. The molecule has 4 aliphatic rings. The van der Waals surface area contributed by atoms with Gasteiger partial charge in [-0.15, -0.1) is 0 Å². The lowest BCUT2D eigenvalue weighted by molar-refractivity contribution is -0.159. The lowest BCUT2D eigenvalue weighted by Gasteiger charge is -2.56. The third-order valence-electron chi connectivity index (χ3n) is 6.38. The van der Waals surface area contributed by atoms with Crippen LogP contribution >= 0.6 is 0 Å². The van der Waals surface area contributed by atoms with Gasteiger partial charge in [-0.05, 0) is 42.4 Å². The molecule has 0 aromatic carbocycles. The predicted octanol–water partition coefficient (Wildman–Crippen LogP) is 2.64. The Bertz CT molecular complexity index is 375. The number of ketones is 1. The SMILES string of the molecule is CC(C)[C@@H]1C[C@@H]2[C@@]3(C)CC(O)[C@]2(C)C[C@@H]1C3=O. The first-order chi connectivity index (χ1) is 7.80. The molecule has 4 fully saturated rings. The van der Waals surface area contributed by atoms with Crippen molar-refractivity contribution in [1.29, 1.82) is 0 Å². The molecule has 17 heavy (non-hydrogen) atoms. The van der Waals surface area contributed by atoms with E-state index in [9.17, 15) is 9.90 Å². The van der Waals surface area contributed by atoms with E-state index in [0.29, 0.717) is 30.0 Å². The molecule has 1 N–H and O–H groups in total. The Morgan fingerprint density at radius 2 is 1.94 bits per heavy atom. The van der Waals surface area contributed by atoms with E-state index in [1.807, 2.05) is 0 Å². The van der Waals surface area contributed by atoms with Crippen molar-refractivity contribution >= 4 is 5.78 Å². The summed E-state index contributed by atoms with van der Waals surface area (Å²) >= 11 is 0. The van der Waals surface area contributed by atoms with Crippen LogP contribution in [0.2, 0.25) is 0 Å². The Balaban J connectivity index is 2.05. The van der Waals surface area contributed by atoms with Crippen LogP contribution in [0.15, 0.2) is 0 Å². The van der Waals surface area contributed by atoms with Gasteiger partial charge in [0.25, 0.3) is 0 Å². The van der Waals surface area contributed by atoms with Crippen LogP contribution < -0.4 is 0 Å². The minimum absolute atomic E-state index is 0.0126. The molecule has 0 aromatic heterocycles. The molecule has 0 aromatic rings. The Kier molecular flexibility index (Phi) is 2.16. The molecule has 0 radical (unpaired) electrons. The van der Waals surface area contributed by atoms with Crippen molar-refractivity contribution in [2.45, 2.75) is 53.1 Å². The van der Waals surface area contributed by atoms with E-state index in [-0.39, 0.29) is 22.9 Å². The molecule has 96 valence electrons. The third-order valence-corrected chi connectivity index (χ3v) is 6.38. The standard InChI is InChI=1S/C15H24O2/c1-8(2)9-5-11-14(3)6-10(9)13(17)15(11,4)7-12(14)16/h8-12,16H,5-7H2,1-4H3/t9-,10-,11-,12?,14+,15+/m0/s1. The van der Waals surface area contributed by atoms with Crippen molar-refractivity contribution in [2.24, 2.45) is 34.5 Å². The van der Waals surface area contributed by atoms with Gasteiger partial charge in [0.1, 0.15) is 5.78 Å². The lowest BCUT2D eigenvalue weighted by Crippen LogP contribution is -2.57. The van der Waals surface area contributed by atoms with Gasteiger partial charge in [-0.3, -0.25) is 4.79 Å². The van der Waals surface area contributed by atoms with E-state index in [0.717, 1.165) is 12.8 Å². The van der Waals surface area contributed by atoms with Gasteiger partial charge in [0.05, 0.1) is 6.10 Å². The highest BCUT2D eigenvalue weighted by atomic mass is 16.3. The molecule has 0 aliphatic heterocycles. The minimum Gasteiger partial charge on any atom is -0.393 e. The van der Waals surface area contributed by atoms with E-state index in [2.05, 4.69) is 27.7 Å². The van der Waals surface area contributed by atoms with Gasteiger partial charge in [-0.1, -0.05) is 27.7 Å². The smallest absolute Gasteiger partial charge is 0.142 e. The second kappa shape index (κ2) is 3.14. The quantitative estimate of drug-likeness (QED) is 0.760. The molecule has 1 unspecified atom stereocenters. The van der Waals surface area contributed by atoms with Crippen LogP contribution in [-0.4, -0.2) is 17.0 Å². The van der Waals surface area contributed by atoms with Crippen molar-refractivity contribution in [3.8, 4) is 0 Å². The molecule has 0 amide bonds. The van der Waals surface area contributed by atoms with Crippen molar-refractivity contribution in [1.82, 2.24) is 0 Å². The van der Waals surface area contributed by atoms with Crippen molar-refractivity contribution in [3.63, 3.8) is 0 Å². The van der Waals surface area contributed by atoms with E-state index in [4.69, 9.17) is 0 Å². The number of Topliss-reactive ketones (excluding diaryl/α,β-unsaturated/α-hetero) is 1. The van der Waals surface area contributed by atoms with Crippen LogP contribution in [0, 0.1) is 34.5 Å². The molecule has 4 aliphatic carbocycles. The fraction of sp³-hybridized carbons (Fsp3) is 0.933. The third kappa shape index (κ3) is 1.18. The zero-order chi connectivity index (χ0) is 12.6. The molecule has 6 atom stereocenters. The Hall–Kier alpha value is -0.370. The lowest BCUT2D eigenvalue weighted by atomic mass is 9.47. The maximum Gasteiger partial charge on any atom is 0.142 e. The molecular weight excluding hydrogens is 212 g/mol. The molecule has 2 nitrogen and oxygen atoms in total. The van der Waals surface area contributed by atoms with Crippen molar-refractivity contribution < 1.29 is 9.90 Å². The van der Waals surface area contributed by atoms with Crippen molar-refractivity contribution in [3.05, 3.63) is 0 Å². The number of rotatable bonds is 1. The zero-order valence-electron chi connectivity index (χ0n) is 11.4. The van der Waals surface area contributed by atoms with E-state index in [1.54, 1.807) is 0 Å². The Labute approximate surface area is 104 Å². The average molecular weight is 236 g/mol. The van der Waals surface area contributed by atoms with Crippen LogP contribution in [0.4, 0.5) is 0 Å². The van der Waals surface area contributed by atoms with E-state index < -0.39 is 0 Å². The minimum atomic E-state index is -0.264. The molecule has 0 heterocycles. The number of aliphatic hydroxyl groups is 1. The van der Waals surface area contributed by atoms with Gasteiger partial charge in [-0.2, -0.15) is 0 Å². The fourth-order valence-corrected chi connectivity index (χ4v) is 5.33. The molecule has 4 bridgehead atoms. The molecule has 4 saturated carbocycles. The Morgan fingerprint density at radius 1 is 1.29 bits per heavy atom. The summed E-state index contributed by atoms with van der Waals surface area (Å²) in [6.45, 7) is 8.80. The molecule has 2 heteroatoms. The molecule has 0 saturated heterocycles. The molecule has 4 rings (SSSR count). The van der Waals surface area contributed by atoms with Gasteiger partial charge in [-0.25, -0.2) is 0 Å². The summed E-state index contributed by atoms with van der Waals surface area (Å²) in [4.78, 5) is 12.7. The first-order valence-corrected chi connectivity index (χ1v) is 7.03. The van der Waals surface area contributed by atoms with Crippen LogP contribution in [0.5, 0.6) is 0 Å². The summed E-state index contributed by atoms with van der Waals surface area (Å²) in [5.41, 5.74) is -0.207. The first kappa shape index (κ1) is 11.7. The van der Waals surface area contributed by atoms with Gasteiger partial charge >= 0.3 is 0 Å². The number of carbonyl (C=O) groups is 1. The molecule has 0 spiro atoms. The summed E-state index contributed by atoms with van der Waals surface area (Å²) in [6, 6.07) is 0. The highest BCUT2D eigenvalue weighted by Crippen LogP contribution is 2.69. The second-order valence-electron chi connectivity index (χ2n) is 7.51. The number of carbonyl (C=O) groups excluding carboxylic acids is 1.